The molecule has 1 heterocycles. The number of nitrogens with zero attached hydrogens (tertiary/aromatic N) is 3. The number of hydrogen-bond donors (Lipinski definition) is 0. The summed E-state index contributed by atoms with van der Waals surface area (Å²) < 4.78 is 0. The van der Waals surface area contributed by atoms with Gasteiger partial charge in [0.1, 0.15) is 0 Å². The summed E-state index contributed by atoms with van der Waals surface area (Å²) in [6.45, 7) is 4.67. The highest BCUT2D eigenvalue weighted by Gasteiger charge is 2.36. The van der Waals surface area contributed by atoms with Crippen LogP contribution in [-0.2, 0) is 5.41 Å². The van der Waals surface area contributed by atoms with Crippen LogP contribution in [0.4, 0.5) is 0 Å². The van der Waals surface area contributed by atoms with Crippen LogP contribution in [0.5, 0.6) is 0 Å². The van der Waals surface area contributed by atoms with Crippen LogP contribution < -0.4 is 0 Å². The summed E-state index contributed by atoms with van der Waals surface area (Å²) in [6.07, 6.45) is 0. The lowest BCUT2D eigenvalue weighted by Gasteiger charge is -2.21. The van der Waals surface area contributed by atoms with Gasteiger partial charge in [0.05, 0.1) is 0 Å². The quantitative estimate of drug-likeness (QED) is 0.191. The molecule has 232 valence electrons. The second kappa shape index (κ2) is 11.5. The molecule has 1 aliphatic rings. The molecule has 0 atom stereocenters. The molecule has 49 heavy (non-hydrogen) atoms. The topological polar surface area (TPSA) is 38.7 Å². The van der Waals surface area contributed by atoms with Gasteiger partial charge >= 0.3 is 0 Å². The smallest absolute Gasteiger partial charge is 0.164 e. The summed E-state index contributed by atoms with van der Waals surface area (Å²) in [5.41, 5.74) is 13.0. The molecule has 0 saturated heterocycles. The van der Waals surface area contributed by atoms with Gasteiger partial charge in [-0.2, -0.15) is 0 Å². The second-order valence-electron chi connectivity index (χ2n) is 13.2. The van der Waals surface area contributed by atoms with Gasteiger partial charge in [0.15, 0.2) is 17.5 Å². The molecular formula is C46H33N3. The van der Waals surface area contributed by atoms with Crippen molar-refractivity contribution < 1.29 is 0 Å². The van der Waals surface area contributed by atoms with Crippen molar-refractivity contribution in [3.63, 3.8) is 0 Å². The summed E-state index contributed by atoms with van der Waals surface area (Å²) in [7, 11) is 0. The van der Waals surface area contributed by atoms with Crippen LogP contribution in [-0.4, -0.2) is 15.0 Å². The van der Waals surface area contributed by atoms with E-state index in [-0.39, 0.29) is 5.41 Å². The third-order valence-electron chi connectivity index (χ3n) is 9.96. The molecule has 0 aliphatic heterocycles. The molecule has 0 bridgehead atoms. The van der Waals surface area contributed by atoms with E-state index in [1.165, 1.54) is 38.8 Å². The lowest BCUT2D eigenvalue weighted by molar-refractivity contribution is 0.660. The lowest BCUT2D eigenvalue weighted by Crippen LogP contribution is -2.14. The van der Waals surface area contributed by atoms with Gasteiger partial charge in [-0.05, 0) is 55.8 Å². The van der Waals surface area contributed by atoms with E-state index in [0.29, 0.717) is 17.5 Å². The minimum atomic E-state index is -0.0402. The zero-order valence-electron chi connectivity index (χ0n) is 27.4. The zero-order chi connectivity index (χ0) is 33.0. The van der Waals surface area contributed by atoms with Gasteiger partial charge < -0.3 is 0 Å². The molecule has 0 spiro atoms. The minimum absolute atomic E-state index is 0.0402. The average Bonchev–Trinajstić information content (AvgIpc) is 3.41. The van der Waals surface area contributed by atoms with Crippen molar-refractivity contribution in [1.82, 2.24) is 15.0 Å². The molecule has 0 N–H and O–H groups in total. The Morgan fingerprint density at radius 3 is 1.61 bits per heavy atom. The first-order chi connectivity index (χ1) is 24.1. The third-order valence-corrected chi connectivity index (χ3v) is 9.96. The number of rotatable bonds is 5. The number of hydrogen-bond acceptors (Lipinski definition) is 3. The third kappa shape index (κ3) is 4.86. The monoisotopic (exact) mass is 627 g/mol. The van der Waals surface area contributed by atoms with E-state index >= 15 is 0 Å². The molecule has 3 heteroatoms. The van der Waals surface area contributed by atoms with E-state index in [2.05, 4.69) is 117 Å². The van der Waals surface area contributed by atoms with Crippen molar-refractivity contribution in [2.45, 2.75) is 19.3 Å². The Morgan fingerprint density at radius 1 is 0.347 bits per heavy atom. The van der Waals surface area contributed by atoms with E-state index in [4.69, 9.17) is 15.0 Å². The fourth-order valence-corrected chi connectivity index (χ4v) is 7.51. The Morgan fingerprint density at radius 2 is 0.898 bits per heavy atom. The Hall–Kier alpha value is -6.19. The molecule has 1 aromatic heterocycles. The molecule has 3 nitrogen and oxygen atoms in total. The fourth-order valence-electron chi connectivity index (χ4n) is 7.51. The van der Waals surface area contributed by atoms with Gasteiger partial charge in [-0.25, -0.2) is 15.0 Å². The van der Waals surface area contributed by atoms with Crippen molar-refractivity contribution in [1.29, 1.82) is 0 Å². The highest BCUT2D eigenvalue weighted by atomic mass is 15.0. The highest BCUT2D eigenvalue weighted by molar-refractivity contribution is 6.04. The molecule has 7 aromatic carbocycles. The molecule has 0 unspecified atom stereocenters. The Labute approximate surface area is 286 Å². The van der Waals surface area contributed by atoms with Crippen LogP contribution in [0.3, 0.4) is 0 Å². The number of benzene rings is 7. The van der Waals surface area contributed by atoms with Crippen molar-refractivity contribution in [2.75, 3.05) is 0 Å². The van der Waals surface area contributed by atoms with Crippen LogP contribution in [0.1, 0.15) is 25.0 Å². The van der Waals surface area contributed by atoms with Crippen molar-refractivity contribution in [3.8, 4) is 67.5 Å². The van der Waals surface area contributed by atoms with Crippen LogP contribution >= 0.6 is 0 Å². The van der Waals surface area contributed by atoms with E-state index in [1.54, 1.807) is 0 Å². The first-order valence-corrected chi connectivity index (χ1v) is 16.8. The summed E-state index contributed by atoms with van der Waals surface area (Å²) in [6, 6.07) is 57.8. The van der Waals surface area contributed by atoms with Gasteiger partial charge in [-0.15, -0.1) is 0 Å². The van der Waals surface area contributed by atoms with Crippen molar-refractivity contribution in [2.24, 2.45) is 0 Å². The zero-order valence-corrected chi connectivity index (χ0v) is 27.4. The highest BCUT2D eigenvalue weighted by Crippen LogP contribution is 2.52. The molecule has 0 radical (unpaired) electrons. The van der Waals surface area contributed by atoms with Gasteiger partial charge in [-0.1, -0.05) is 172 Å². The van der Waals surface area contributed by atoms with Gasteiger partial charge in [-0.3, -0.25) is 0 Å². The van der Waals surface area contributed by atoms with Crippen LogP contribution in [0.15, 0.2) is 164 Å². The number of fused-ring (bicyclic) bond motifs is 4. The van der Waals surface area contributed by atoms with Gasteiger partial charge in [0.25, 0.3) is 0 Å². The lowest BCUT2D eigenvalue weighted by atomic mass is 9.82. The Balaban J connectivity index is 1.22. The number of aromatic nitrogens is 3. The van der Waals surface area contributed by atoms with E-state index in [0.717, 1.165) is 33.2 Å². The maximum Gasteiger partial charge on any atom is 0.164 e. The molecule has 0 fully saturated rings. The normalized spacial score (nSPS) is 12.9. The summed E-state index contributed by atoms with van der Waals surface area (Å²) in [5, 5.41) is 2.33. The molecule has 0 amide bonds. The van der Waals surface area contributed by atoms with Crippen LogP contribution in [0.25, 0.3) is 78.3 Å². The van der Waals surface area contributed by atoms with Crippen LogP contribution in [0, 0.1) is 0 Å². The maximum absolute atomic E-state index is 5.11. The SMILES string of the molecule is CC1(C)c2ccccc2-c2c(-c3ccc(-c4c(-c5nc(-c6ccccc6)nc(-c6ccccc6)n5)ccc5ccccc45)cc3)cccc21. The first kappa shape index (κ1) is 29.0. The minimum Gasteiger partial charge on any atom is -0.208 e. The Kier molecular flexibility index (Phi) is 6.80. The average molecular weight is 628 g/mol. The molecule has 8 aromatic rings. The predicted octanol–water partition coefficient (Wildman–Crippen LogP) is 11.7. The second-order valence-corrected chi connectivity index (χ2v) is 13.2. The largest absolute Gasteiger partial charge is 0.208 e. The summed E-state index contributed by atoms with van der Waals surface area (Å²) >= 11 is 0. The van der Waals surface area contributed by atoms with Crippen molar-refractivity contribution >= 4 is 10.8 Å². The first-order valence-electron chi connectivity index (χ1n) is 16.8. The van der Waals surface area contributed by atoms with E-state index < -0.39 is 0 Å². The molecule has 0 saturated carbocycles. The van der Waals surface area contributed by atoms with Crippen molar-refractivity contribution in [3.05, 3.63) is 175 Å². The summed E-state index contributed by atoms with van der Waals surface area (Å²) in [4.78, 5) is 15.2. The maximum atomic E-state index is 5.11. The fraction of sp³-hybridized carbons (Fsp3) is 0.0652. The molecular weight excluding hydrogens is 595 g/mol. The standard InChI is InChI=1S/C46H33N3/c1-46(2)39-22-12-11-20-37(39)42-36(21-13-23-40(42)46)31-24-26-32(27-25-31)41-35-19-10-9-14-30(35)28-29-38(41)45-48-43(33-15-5-3-6-16-33)47-44(49-45)34-17-7-4-8-18-34/h3-29H,1-2H3. The van der Waals surface area contributed by atoms with E-state index in [9.17, 15) is 0 Å². The predicted molar refractivity (Wildman–Crippen MR) is 202 cm³/mol. The van der Waals surface area contributed by atoms with E-state index in [1.807, 2.05) is 60.7 Å². The Bertz CT molecular complexity index is 2440. The van der Waals surface area contributed by atoms with Gasteiger partial charge in [0, 0.05) is 27.7 Å². The summed E-state index contributed by atoms with van der Waals surface area (Å²) in [5.74, 6) is 1.96. The van der Waals surface area contributed by atoms with Gasteiger partial charge in [0.2, 0.25) is 0 Å². The molecule has 1 aliphatic carbocycles. The van der Waals surface area contributed by atoms with Crippen LogP contribution in [0.2, 0.25) is 0 Å². The molecule has 9 rings (SSSR count).